The quantitative estimate of drug-likeness (QED) is 0.466. The van der Waals surface area contributed by atoms with Gasteiger partial charge >= 0.3 is 0 Å². The highest BCUT2D eigenvalue weighted by molar-refractivity contribution is 5.92. The van der Waals surface area contributed by atoms with Gasteiger partial charge in [0.1, 0.15) is 0 Å². The molecule has 7 heteroatoms. The Morgan fingerprint density at radius 1 is 1.23 bits per heavy atom. The van der Waals surface area contributed by atoms with Gasteiger partial charge in [0.15, 0.2) is 11.5 Å². The second-order valence-corrected chi connectivity index (χ2v) is 5.92. The van der Waals surface area contributed by atoms with Crippen molar-refractivity contribution in [2.24, 2.45) is 0 Å². The summed E-state index contributed by atoms with van der Waals surface area (Å²) in [6.07, 6.45) is 3.16. The zero-order valence-electron chi connectivity index (χ0n) is 14.4. The van der Waals surface area contributed by atoms with Gasteiger partial charge in [0.05, 0.1) is 11.0 Å². The van der Waals surface area contributed by atoms with E-state index in [9.17, 15) is 14.9 Å². The molecule has 0 aliphatic carbocycles. The van der Waals surface area contributed by atoms with Crippen LogP contribution < -0.4 is 9.47 Å². The Morgan fingerprint density at radius 2 is 2.00 bits per heavy atom. The van der Waals surface area contributed by atoms with Crippen molar-refractivity contribution < 1.29 is 19.2 Å². The van der Waals surface area contributed by atoms with Crippen molar-refractivity contribution >= 4 is 17.7 Å². The highest BCUT2D eigenvalue weighted by atomic mass is 16.7. The van der Waals surface area contributed by atoms with Crippen LogP contribution in [0, 0.1) is 10.1 Å². The fourth-order valence-electron chi connectivity index (χ4n) is 2.61. The first-order valence-corrected chi connectivity index (χ1v) is 8.04. The predicted molar refractivity (Wildman–Crippen MR) is 95.9 cm³/mol. The van der Waals surface area contributed by atoms with Gasteiger partial charge in [-0.2, -0.15) is 0 Å². The highest BCUT2D eigenvalue weighted by Gasteiger charge is 2.18. The zero-order valence-corrected chi connectivity index (χ0v) is 14.4. The maximum Gasteiger partial charge on any atom is 0.269 e. The summed E-state index contributed by atoms with van der Waals surface area (Å²) >= 11 is 0. The summed E-state index contributed by atoms with van der Waals surface area (Å²) in [5, 5.41) is 10.9. The van der Waals surface area contributed by atoms with Crippen molar-refractivity contribution in [3.63, 3.8) is 0 Å². The van der Waals surface area contributed by atoms with Gasteiger partial charge in [-0.25, -0.2) is 0 Å². The largest absolute Gasteiger partial charge is 0.454 e. The van der Waals surface area contributed by atoms with Gasteiger partial charge in [-0.15, -0.1) is 0 Å². The number of nitro groups is 1. The summed E-state index contributed by atoms with van der Waals surface area (Å²) in [5.74, 6) is 1.13. The highest BCUT2D eigenvalue weighted by Crippen LogP contribution is 2.32. The number of ether oxygens (including phenoxy) is 2. The van der Waals surface area contributed by atoms with Crippen molar-refractivity contribution in [2.75, 3.05) is 13.8 Å². The van der Waals surface area contributed by atoms with E-state index in [4.69, 9.17) is 9.47 Å². The van der Waals surface area contributed by atoms with Crippen molar-refractivity contribution in [2.45, 2.75) is 13.0 Å². The van der Waals surface area contributed by atoms with Gasteiger partial charge in [-0.05, 0) is 36.3 Å². The first kappa shape index (κ1) is 17.5. The molecule has 0 saturated carbocycles. The van der Waals surface area contributed by atoms with Gasteiger partial charge in [0.2, 0.25) is 12.7 Å². The number of amides is 1. The first-order valence-electron chi connectivity index (χ1n) is 8.04. The SMILES string of the molecule is C[C@@H](c1cccc([N+](=O)[O-])c1)N(C)C(=O)/C=C/c1ccc2c(c1)OCO2. The molecular weight excluding hydrogens is 336 g/mol. The van der Waals surface area contributed by atoms with E-state index in [1.807, 2.05) is 13.0 Å². The molecule has 1 heterocycles. The Morgan fingerprint density at radius 3 is 2.77 bits per heavy atom. The molecule has 0 spiro atoms. The van der Waals surface area contributed by atoms with E-state index in [-0.39, 0.29) is 24.4 Å². The number of hydrogen-bond donors (Lipinski definition) is 0. The number of carbonyl (C=O) groups excluding carboxylic acids is 1. The van der Waals surface area contributed by atoms with Crippen molar-refractivity contribution in [1.82, 2.24) is 4.90 Å². The lowest BCUT2D eigenvalue weighted by molar-refractivity contribution is -0.384. The van der Waals surface area contributed by atoms with Crippen LogP contribution in [-0.4, -0.2) is 29.6 Å². The average Bonchev–Trinajstić information content (AvgIpc) is 3.12. The van der Waals surface area contributed by atoms with Crippen LogP contribution in [0.4, 0.5) is 5.69 Å². The summed E-state index contributed by atoms with van der Waals surface area (Å²) in [6, 6.07) is 11.4. The minimum absolute atomic E-state index is 0.00565. The van der Waals surface area contributed by atoms with Crippen LogP contribution in [-0.2, 0) is 4.79 Å². The minimum Gasteiger partial charge on any atom is -0.454 e. The van der Waals surface area contributed by atoms with Crippen LogP contribution in [0.2, 0.25) is 0 Å². The summed E-state index contributed by atoms with van der Waals surface area (Å²) in [7, 11) is 1.66. The molecule has 0 saturated heterocycles. The Hall–Kier alpha value is -3.35. The third-order valence-corrected chi connectivity index (χ3v) is 4.31. The van der Waals surface area contributed by atoms with E-state index >= 15 is 0 Å². The molecule has 2 aromatic rings. The third-order valence-electron chi connectivity index (χ3n) is 4.31. The number of benzene rings is 2. The predicted octanol–water partition coefficient (Wildman–Crippen LogP) is 3.56. The Bertz CT molecular complexity index is 878. The number of nitro benzene ring substituents is 1. The molecule has 0 unspecified atom stereocenters. The molecule has 1 aliphatic rings. The second kappa shape index (κ2) is 7.26. The van der Waals surface area contributed by atoms with Crippen LogP contribution in [0.5, 0.6) is 11.5 Å². The third kappa shape index (κ3) is 3.66. The van der Waals surface area contributed by atoms with Crippen molar-refractivity contribution in [3.05, 3.63) is 69.8 Å². The number of rotatable bonds is 5. The fraction of sp³-hybridized carbons (Fsp3) is 0.211. The smallest absolute Gasteiger partial charge is 0.269 e. The van der Waals surface area contributed by atoms with Crippen LogP contribution in [0.3, 0.4) is 0 Å². The molecule has 7 nitrogen and oxygen atoms in total. The molecule has 0 bridgehead atoms. The Balaban J connectivity index is 1.70. The van der Waals surface area contributed by atoms with E-state index in [2.05, 4.69) is 0 Å². The second-order valence-electron chi connectivity index (χ2n) is 5.92. The first-order chi connectivity index (χ1) is 12.5. The number of nitrogens with zero attached hydrogens (tertiary/aromatic N) is 2. The van der Waals surface area contributed by atoms with Gasteiger partial charge in [0.25, 0.3) is 5.69 Å². The molecule has 26 heavy (non-hydrogen) atoms. The molecule has 134 valence electrons. The lowest BCUT2D eigenvalue weighted by Crippen LogP contribution is -2.28. The standard InChI is InChI=1S/C19H18N2O5/c1-13(15-4-3-5-16(11-15)21(23)24)20(2)19(22)9-7-14-6-8-17-18(10-14)26-12-25-17/h3-11,13H,12H2,1-2H3/b9-7+/t13-/m0/s1. The van der Waals surface area contributed by atoms with Gasteiger partial charge in [-0.1, -0.05) is 18.2 Å². The van der Waals surface area contributed by atoms with E-state index in [1.54, 1.807) is 37.4 Å². The van der Waals surface area contributed by atoms with E-state index in [0.29, 0.717) is 17.1 Å². The summed E-state index contributed by atoms with van der Waals surface area (Å²) < 4.78 is 10.6. The molecule has 2 aromatic carbocycles. The number of fused-ring (bicyclic) bond motifs is 1. The van der Waals surface area contributed by atoms with E-state index < -0.39 is 4.92 Å². The number of likely N-dealkylation sites (N-methyl/N-ethyl adjacent to an activating group) is 1. The minimum atomic E-state index is -0.447. The number of non-ortho nitro benzene ring substituents is 1. The summed E-state index contributed by atoms with van der Waals surface area (Å²) in [5.41, 5.74) is 1.52. The number of hydrogen-bond acceptors (Lipinski definition) is 5. The maximum atomic E-state index is 12.4. The van der Waals surface area contributed by atoms with Crippen LogP contribution in [0.1, 0.15) is 24.1 Å². The Kier molecular flexibility index (Phi) is 4.88. The Labute approximate surface area is 150 Å². The molecule has 1 aliphatic heterocycles. The monoisotopic (exact) mass is 354 g/mol. The van der Waals surface area contributed by atoms with E-state index in [1.165, 1.54) is 23.1 Å². The summed E-state index contributed by atoms with van der Waals surface area (Å²) in [6.45, 7) is 2.02. The summed E-state index contributed by atoms with van der Waals surface area (Å²) in [4.78, 5) is 24.4. The molecule has 0 fully saturated rings. The van der Waals surface area contributed by atoms with Crippen molar-refractivity contribution in [3.8, 4) is 11.5 Å². The van der Waals surface area contributed by atoms with Gasteiger partial charge in [-0.3, -0.25) is 14.9 Å². The molecule has 1 atom stereocenters. The molecule has 0 aromatic heterocycles. The maximum absolute atomic E-state index is 12.4. The van der Waals surface area contributed by atoms with Crippen LogP contribution in [0.25, 0.3) is 6.08 Å². The molecule has 0 N–H and O–H groups in total. The van der Waals surface area contributed by atoms with Gasteiger partial charge in [0, 0.05) is 25.3 Å². The zero-order chi connectivity index (χ0) is 18.7. The molecular formula is C19H18N2O5. The topological polar surface area (TPSA) is 81.9 Å². The lowest BCUT2D eigenvalue weighted by Gasteiger charge is -2.24. The molecule has 1 amide bonds. The average molecular weight is 354 g/mol. The number of carbonyl (C=O) groups is 1. The van der Waals surface area contributed by atoms with Gasteiger partial charge < -0.3 is 14.4 Å². The van der Waals surface area contributed by atoms with Crippen molar-refractivity contribution in [1.29, 1.82) is 0 Å². The molecule has 3 rings (SSSR count). The normalized spacial score (nSPS) is 13.6. The fourth-order valence-corrected chi connectivity index (χ4v) is 2.61. The lowest BCUT2D eigenvalue weighted by atomic mass is 10.1. The van der Waals surface area contributed by atoms with E-state index in [0.717, 1.165) is 5.56 Å². The van der Waals surface area contributed by atoms with Crippen LogP contribution in [0.15, 0.2) is 48.5 Å². The molecule has 0 radical (unpaired) electrons. The van der Waals surface area contributed by atoms with Crippen LogP contribution >= 0.6 is 0 Å².